The smallest absolute Gasteiger partial charge is 0.275 e. The largest absolute Gasteiger partial charge is 0.508 e. The van der Waals surface area contributed by atoms with Crippen LogP contribution in [-0.4, -0.2) is 16.8 Å². The summed E-state index contributed by atoms with van der Waals surface area (Å²) in [7, 11) is 0. The molecule has 0 unspecified atom stereocenters. The lowest BCUT2D eigenvalue weighted by atomic mass is 10.2. The molecule has 1 heterocycles. The van der Waals surface area contributed by atoms with Crippen LogP contribution in [0.5, 0.6) is 5.75 Å². The van der Waals surface area contributed by atoms with Gasteiger partial charge in [-0.2, -0.15) is 0 Å². The SMILES string of the molecule is CC1=N/C(=C\c2ccc(O)cc2)C(=O)N1. The van der Waals surface area contributed by atoms with Crippen molar-refractivity contribution in [3.8, 4) is 5.75 Å². The summed E-state index contributed by atoms with van der Waals surface area (Å²) in [5.74, 6) is 0.610. The number of nitrogens with zero attached hydrogens (tertiary/aromatic N) is 1. The zero-order valence-corrected chi connectivity index (χ0v) is 8.19. The molecule has 0 aliphatic carbocycles. The van der Waals surface area contributed by atoms with E-state index < -0.39 is 0 Å². The van der Waals surface area contributed by atoms with Crippen molar-refractivity contribution < 1.29 is 9.90 Å². The second kappa shape index (κ2) is 3.57. The third-order valence-electron chi connectivity index (χ3n) is 2.01. The van der Waals surface area contributed by atoms with Crippen molar-refractivity contribution in [3.05, 3.63) is 35.5 Å². The fourth-order valence-electron chi connectivity index (χ4n) is 1.31. The van der Waals surface area contributed by atoms with Gasteiger partial charge in [0.25, 0.3) is 5.91 Å². The van der Waals surface area contributed by atoms with Crippen LogP contribution in [0.2, 0.25) is 0 Å². The Kier molecular flexibility index (Phi) is 2.25. The third kappa shape index (κ3) is 2.04. The van der Waals surface area contributed by atoms with Crippen LogP contribution >= 0.6 is 0 Å². The molecule has 15 heavy (non-hydrogen) atoms. The van der Waals surface area contributed by atoms with Gasteiger partial charge < -0.3 is 10.4 Å². The number of aromatic hydroxyl groups is 1. The number of hydrogen-bond acceptors (Lipinski definition) is 3. The summed E-state index contributed by atoms with van der Waals surface area (Å²) in [6.45, 7) is 1.73. The van der Waals surface area contributed by atoms with E-state index in [0.717, 1.165) is 5.56 Å². The molecular weight excluding hydrogens is 192 g/mol. The molecule has 0 fully saturated rings. The second-order valence-electron chi connectivity index (χ2n) is 3.27. The minimum absolute atomic E-state index is 0.194. The van der Waals surface area contributed by atoms with Gasteiger partial charge in [-0.3, -0.25) is 4.79 Å². The van der Waals surface area contributed by atoms with E-state index in [1.807, 2.05) is 0 Å². The molecule has 4 nitrogen and oxygen atoms in total. The minimum Gasteiger partial charge on any atom is -0.508 e. The van der Waals surface area contributed by atoms with E-state index in [2.05, 4.69) is 10.3 Å². The number of carbonyl (C=O) groups excluding carboxylic acids is 1. The predicted molar refractivity (Wildman–Crippen MR) is 57.3 cm³/mol. The molecule has 2 rings (SSSR count). The van der Waals surface area contributed by atoms with Gasteiger partial charge in [-0.05, 0) is 30.7 Å². The Bertz CT molecular complexity index is 458. The van der Waals surface area contributed by atoms with Crippen LogP contribution in [0.3, 0.4) is 0 Å². The lowest BCUT2D eigenvalue weighted by Crippen LogP contribution is -2.21. The van der Waals surface area contributed by atoms with E-state index in [4.69, 9.17) is 5.11 Å². The normalized spacial score (nSPS) is 17.8. The van der Waals surface area contributed by atoms with Gasteiger partial charge in [-0.15, -0.1) is 0 Å². The maximum Gasteiger partial charge on any atom is 0.275 e. The van der Waals surface area contributed by atoms with Gasteiger partial charge in [0.2, 0.25) is 0 Å². The van der Waals surface area contributed by atoms with Crippen LogP contribution < -0.4 is 5.32 Å². The summed E-state index contributed by atoms with van der Waals surface area (Å²) < 4.78 is 0. The number of nitrogens with one attached hydrogen (secondary N) is 1. The highest BCUT2D eigenvalue weighted by Gasteiger charge is 2.16. The first-order valence-electron chi connectivity index (χ1n) is 4.52. The van der Waals surface area contributed by atoms with Crippen LogP contribution in [0.4, 0.5) is 0 Å². The molecule has 1 amide bonds. The number of phenols is 1. The second-order valence-corrected chi connectivity index (χ2v) is 3.27. The van der Waals surface area contributed by atoms with E-state index >= 15 is 0 Å². The number of benzene rings is 1. The molecule has 1 aromatic carbocycles. The van der Waals surface area contributed by atoms with Crippen LogP contribution in [0, 0.1) is 0 Å². The number of rotatable bonds is 1. The predicted octanol–water partition coefficient (Wildman–Crippen LogP) is 1.28. The van der Waals surface area contributed by atoms with Gasteiger partial charge in [-0.25, -0.2) is 4.99 Å². The first-order chi connectivity index (χ1) is 7.15. The Morgan fingerprint density at radius 3 is 2.53 bits per heavy atom. The Balaban J connectivity index is 2.31. The fraction of sp³-hybridized carbons (Fsp3) is 0.0909. The molecule has 1 aromatic rings. The fourth-order valence-corrected chi connectivity index (χ4v) is 1.31. The summed E-state index contributed by atoms with van der Waals surface area (Å²) >= 11 is 0. The number of phenolic OH excluding ortho intramolecular Hbond substituents is 1. The highest BCUT2D eigenvalue weighted by molar-refractivity contribution is 6.13. The summed E-state index contributed by atoms with van der Waals surface area (Å²) in [4.78, 5) is 15.4. The summed E-state index contributed by atoms with van der Waals surface area (Å²) in [5, 5.41) is 11.7. The molecule has 0 radical (unpaired) electrons. The lowest BCUT2D eigenvalue weighted by molar-refractivity contribution is -0.115. The van der Waals surface area contributed by atoms with Crippen molar-refractivity contribution in [2.75, 3.05) is 0 Å². The molecule has 2 N–H and O–H groups in total. The van der Waals surface area contributed by atoms with Gasteiger partial charge in [0.05, 0.1) is 0 Å². The van der Waals surface area contributed by atoms with E-state index in [1.165, 1.54) is 0 Å². The first-order valence-corrected chi connectivity index (χ1v) is 4.52. The molecule has 0 atom stereocenters. The van der Waals surface area contributed by atoms with Crippen LogP contribution in [0.25, 0.3) is 6.08 Å². The van der Waals surface area contributed by atoms with Gasteiger partial charge in [0, 0.05) is 0 Å². The van der Waals surface area contributed by atoms with Crippen LogP contribution in [0.15, 0.2) is 35.0 Å². The van der Waals surface area contributed by atoms with Gasteiger partial charge in [-0.1, -0.05) is 12.1 Å². The quantitative estimate of drug-likeness (QED) is 0.674. The first kappa shape index (κ1) is 9.45. The average Bonchev–Trinajstić information content (AvgIpc) is 2.49. The van der Waals surface area contributed by atoms with E-state index in [1.54, 1.807) is 37.3 Å². The minimum atomic E-state index is -0.194. The molecule has 0 bridgehead atoms. The standard InChI is InChI=1S/C11H10N2O2/c1-7-12-10(11(15)13-7)6-8-2-4-9(14)5-3-8/h2-6,14H,1H3,(H,12,13,15)/b10-6-. The molecule has 0 saturated heterocycles. The Labute approximate surface area is 87.0 Å². The van der Waals surface area contributed by atoms with Gasteiger partial charge in [0.1, 0.15) is 17.3 Å². The Morgan fingerprint density at radius 2 is 2.00 bits per heavy atom. The highest BCUT2D eigenvalue weighted by atomic mass is 16.3. The molecule has 0 spiro atoms. The molecule has 1 aliphatic rings. The van der Waals surface area contributed by atoms with E-state index in [-0.39, 0.29) is 11.7 Å². The van der Waals surface area contributed by atoms with Crippen LogP contribution in [0.1, 0.15) is 12.5 Å². The molecule has 1 aliphatic heterocycles. The van der Waals surface area contributed by atoms with Crippen LogP contribution in [-0.2, 0) is 4.79 Å². The molecule has 76 valence electrons. The number of amidine groups is 1. The number of amides is 1. The highest BCUT2D eigenvalue weighted by Crippen LogP contribution is 2.15. The Hall–Kier alpha value is -2.10. The average molecular weight is 202 g/mol. The van der Waals surface area contributed by atoms with Crippen molar-refractivity contribution in [2.24, 2.45) is 4.99 Å². The topological polar surface area (TPSA) is 61.7 Å². The Morgan fingerprint density at radius 1 is 1.33 bits per heavy atom. The molecule has 0 aromatic heterocycles. The molecule has 0 saturated carbocycles. The van der Waals surface area contributed by atoms with Crippen molar-refractivity contribution in [1.82, 2.24) is 5.32 Å². The van der Waals surface area contributed by atoms with Gasteiger partial charge in [0.15, 0.2) is 0 Å². The van der Waals surface area contributed by atoms with Crippen molar-refractivity contribution in [2.45, 2.75) is 6.92 Å². The van der Waals surface area contributed by atoms with E-state index in [0.29, 0.717) is 11.5 Å². The number of carbonyl (C=O) groups is 1. The van der Waals surface area contributed by atoms with Crippen molar-refractivity contribution in [1.29, 1.82) is 0 Å². The third-order valence-corrected chi connectivity index (χ3v) is 2.01. The summed E-state index contributed by atoms with van der Waals surface area (Å²) in [6, 6.07) is 6.57. The zero-order valence-electron chi connectivity index (χ0n) is 8.19. The van der Waals surface area contributed by atoms with E-state index in [9.17, 15) is 4.79 Å². The molecular formula is C11H10N2O2. The molecule has 4 heteroatoms. The van der Waals surface area contributed by atoms with Crippen molar-refractivity contribution >= 4 is 17.8 Å². The number of hydrogen-bond donors (Lipinski definition) is 2. The summed E-state index contributed by atoms with van der Waals surface area (Å²) in [6.07, 6.45) is 1.67. The summed E-state index contributed by atoms with van der Waals surface area (Å²) in [5.41, 5.74) is 1.22. The van der Waals surface area contributed by atoms with Gasteiger partial charge >= 0.3 is 0 Å². The maximum absolute atomic E-state index is 11.3. The zero-order chi connectivity index (χ0) is 10.8. The lowest BCUT2D eigenvalue weighted by Gasteiger charge is -1.95. The maximum atomic E-state index is 11.3. The monoisotopic (exact) mass is 202 g/mol. The number of aliphatic imine (C=N–C) groups is 1. The van der Waals surface area contributed by atoms with Crippen molar-refractivity contribution in [3.63, 3.8) is 0 Å².